The molecule has 1 aliphatic carbocycles. The van der Waals surface area contributed by atoms with Crippen LogP contribution >= 0.6 is 0 Å². The number of piperidine rings is 1. The van der Waals surface area contributed by atoms with Crippen molar-refractivity contribution in [2.24, 2.45) is 11.7 Å². The fourth-order valence-corrected chi connectivity index (χ4v) is 3.11. The van der Waals surface area contributed by atoms with Crippen LogP contribution in [-0.2, 0) is 4.79 Å². The highest BCUT2D eigenvalue weighted by atomic mass is 16.4. The maximum atomic E-state index is 11.1. The number of aliphatic carboxylic acids is 1. The van der Waals surface area contributed by atoms with Crippen LogP contribution in [0, 0.1) is 5.92 Å². The SMILES string of the molecule is CC1CCN(c2ccc(C3CC3(N)C(=O)O)cc2)CC1. The molecule has 2 atom stereocenters. The first-order valence-electron chi connectivity index (χ1n) is 7.38. The molecule has 2 aliphatic rings. The number of anilines is 1. The van der Waals surface area contributed by atoms with Crippen molar-refractivity contribution < 1.29 is 9.90 Å². The maximum Gasteiger partial charge on any atom is 0.324 e. The van der Waals surface area contributed by atoms with Crippen molar-refractivity contribution in [3.63, 3.8) is 0 Å². The van der Waals surface area contributed by atoms with Gasteiger partial charge in [0.2, 0.25) is 0 Å². The van der Waals surface area contributed by atoms with E-state index in [9.17, 15) is 4.79 Å². The van der Waals surface area contributed by atoms with Gasteiger partial charge in [0.25, 0.3) is 0 Å². The number of nitrogens with zero attached hydrogens (tertiary/aromatic N) is 1. The van der Waals surface area contributed by atoms with E-state index in [0.29, 0.717) is 6.42 Å². The van der Waals surface area contributed by atoms with Gasteiger partial charge in [0.1, 0.15) is 5.54 Å². The second-order valence-corrected chi connectivity index (χ2v) is 6.36. The largest absolute Gasteiger partial charge is 0.480 e. The predicted octanol–water partition coefficient (Wildman–Crippen LogP) is 2.19. The average molecular weight is 274 g/mol. The van der Waals surface area contributed by atoms with E-state index < -0.39 is 11.5 Å². The lowest BCUT2D eigenvalue weighted by molar-refractivity contribution is -0.139. The summed E-state index contributed by atoms with van der Waals surface area (Å²) in [5.74, 6) is -0.0996. The summed E-state index contributed by atoms with van der Waals surface area (Å²) < 4.78 is 0. The summed E-state index contributed by atoms with van der Waals surface area (Å²) in [7, 11) is 0. The van der Waals surface area contributed by atoms with Crippen molar-refractivity contribution in [2.45, 2.75) is 37.6 Å². The van der Waals surface area contributed by atoms with Crippen LogP contribution in [0.3, 0.4) is 0 Å². The van der Waals surface area contributed by atoms with Gasteiger partial charge in [-0.3, -0.25) is 4.79 Å². The number of hydrogen-bond donors (Lipinski definition) is 2. The lowest BCUT2D eigenvalue weighted by Crippen LogP contribution is -2.34. The Balaban J connectivity index is 1.68. The standard InChI is InChI=1S/C16H22N2O2/c1-11-6-8-18(9-7-11)13-4-2-12(3-5-13)14-10-16(14,17)15(19)20/h2-5,11,14H,6-10,17H2,1H3,(H,19,20). The normalized spacial score (nSPS) is 30.3. The molecule has 0 aromatic heterocycles. The smallest absolute Gasteiger partial charge is 0.324 e. The van der Waals surface area contributed by atoms with Crippen molar-refractivity contribution >= 4 is 11.7 Å². The third-order valence-corrected chi connectivity index (χ3v) is 4.85. The molecule has 108 valence electrons. The number of hydrogen-bond acceptors (Lipinski definition) is 3. The van der Waals surface area contributed by atoms with Crippen LogP contribution in [0.15, 0.2) is 24.3 Å². The molecule has 0 radical (unpaired) electrons. The van der Waals surface area contributed by atoms with Crippen LogP contribution in [0.25, 0.3) is 0 Å². The lowest BCUT2D eigenvalue weighted by Gasteiger charge is -2.32. The van der Waals surface area contributed by atoms with Crippen molar-refractivity contribution in [1.82, 2.24) is 0 Å². The van der Waals surface area contributed by atoms with Gasteiger partial charge < -0.3 is 15.7 Å². The van der Waals surface area contributed by atoms with Gasteiger partial charge in [0, 0.05) is 24.7 Å². The molecule has 2 fully saturated rings. The van der Waals surface area contributed by atoms with E-state index in [0.717, 1.165) is 24.6 Å². The van der Waals surface area contributed by atoms with Gasteiger partial charge in [-0.15, -0.1) is 0 Å². The predicted molar refractivity (Wildman–Crippen MR) is 79.0 cm³/mol. The van der Waals surface area contributed by atoms with Gasteiger partial charge in [-0.1, -0.05) is 19.1 Å². The summed E-state index contributed by atoms with van der Waals surface area (Å²) in [6.45, 7) is 4.53. The zero-order valence-electron chi connectivity index (χ0n) is 11.9. The first-order chi connectivity index (χ1) is 9.50. The first kappa shape index (κ1) is 13.4. The summed E-state index contributed by atoms with van der Waals surface area (Å²) in [6.07, 6.45) is 3.04. The fourth-order valence-electron chi connectivity index (χ4n) is 3.11. The van der Waals surface area contributed by atoms with E-state index >= 15 is 0 Å². The highest BCUT2D eigenvalue weighted by Crippen LogP contribution is 2.49. The quantitative estimate of drug-likeness (QED) is 0.886. The zero-order valence-corrected chi connectivity index (χ0v) is 11.9. The van der Waals surface area contributed by atoms with Gasteiger partial charge in [-0.25, -0.2) is 0 Å². The van der Waals surface area contributed by atoms with Crippen molar-refractivity contribution in [3.8, 4) is 0 Å². The number of rotatable bonds is 3. The van der Waals surface area contributed by atoms with Crippen LogP contribution in [0.1, 0.15) is 37.7 Å². The van der Waals surface area contributed by atoms with Crippen LogP contribution in [0.5, 0.6) is 0 Å². The molecule has 0 spiro atoms. The van der Waals surface area contributed by atoms with Crippen LogP contribution in [-0.4, -0.2) is 29.7 Å². The maximum absolute atomic E-state index is 11.1. The van der Waals surface area contributed by atoms with Gasteiger partial charge in [-0.2, -0.15) is 0 Å². The second-order valence-electron chi connectivity index (χ2n) is 6.36. The van der Waals surface area contributed by atoms with Crippen LogP contribution < -0.4 is 10.6 Å². The van der Waals surface area contributed by atoms with E-state index in [4.69, 9.17) is 10.8 Å². The minimum atomic E-state index is -1.04. The van der Waals surface area contributed by atoms with E-state index in [2.05, 4.69) is 24.0 Å². The Morgan fingerprint density at radius 1 is 1.30 bits per heavy atom. The number of nitrogens with two attached hydrogens (primary N) is 1. The number of benzene rings is 1. The summed E-state index contributed by atoms with van der Waals surface area (Å²) in [5, 5.41) is 9.09. The van der Waals surface area contributed by atoms with E-state index in [1.807, 2.05) is 12.1 Å². The minimum absolute atomic E-state index is 0.0320. The molecule has 0 amide bonds. The summed E-state index contributed by atoms with van der Waals surface area (Å²) >= 11 is 0. The Kier molecular flexibility index (Phi) is 3.21. The molecular formula is C16H22N2O2. The van der Waals surface area contributed by atoms with Crippen molar-refractivity contribution in [2.75, 3.05) is 18.0 Å². The summed E-state index contributed by atoms with van der Waals surface area (Å²) in [4.78, 5) is 13.5. The molecule has 4 heteroatoms. The number of carbonyl (C=O) groups is 1. The Morgan fingerprint density at radius 2 is 1.90 bits per heavy atom. The fraction of sp³-hybridized carbons (Fsp3) is 0.562. The number of carboxylic acid groups (broad SMARTS) is 1. The van der Waals surface area contributed by atoms with Gasteiger partial charge >= 0.3 is 5.97 Å². The molecule has 1 heterocycles. The molecule has 1 aliphatic heterocycles. The van der Waals surface area contributed by atoms with Crippen molar-refractivity contribution in [1.29, 1.82) is 0 Å². The molecule has 2 unspecified atom stereocenters. The van der Waals surface area contributed by atoms with Crippen molar-refractivity contribution in [3.05, 3.63) is 29.8 Å². The molecule has 4 nitrogen and oxygen atoms in total. The Morgan fingerprint density at radius 3 is 2.40 bits per heavy atom. The van der Waals surface area contributed by atoms with Gasteiger partial charge in [-0.05, 0) is 42.9 Å². The Labute approximate surface area is 119 Å². The topological polar surface area (TPSA) is 66.6 Å². The van der Waals surface area contributed by atoms with Gasteiger partial charge in [0.05, 0.1) is 0 Å². The second kappa shape index (κ2) is 4.77. The third kappa shape index (κ3) is 2.29. The van der Waals surface area contributed by atoms with Crippen LogP contribution in [0.2, 0.25) is 0 Å². The molecule has 1 saturated heterocycles. The zero-order chi connectivity index (χ0) is 14.3. The monoisotopic (exact) mass is 274 g/mol. The van der Waals surface area contributed by atoms with E-state index in [-0.39, 0.29) is 5.92 Å². The average Bonchev–Trinajstić information content (AvgIpc) is 3.14. The van der Waals surface area contributed by atoms with E-state index in [1.165, 1.54) is 18.5 Å². The van der Waals surface area contributed by atoms with Gasteiger partial charge in [0.15, 0.2) is 0 Å². The Hall–Kier alpha value is -1.55. The summed E-state index contributed by atoms with van der Waals surface area (Å²) in [5.41, 5.74) is 7.09. The molecule has 1 saturated carbocycles. The molecule has 3 rings (SSSR count). The van der Waals surface area contributed by atoms with E-state index in [1.54, 1.807) is 0 Å². The molecule has 20 heavy (non-hydrogen) atoms. The molecular weight excluding hydrogens is 252 g/mol. The first-order valence-corrected chi connectivity index (χ1v) is 7.38. The van der Waals surface area contributed by atoms with Crippen LogP contribution in [0.4, 0.5) is 5.69 Å². The molecule has 3 N–H and O–H groups in total. The minimum Gasteiger partial charge on any atom is -0.480 e. The highest BCUT2D eigenvalue weighted by Gasteiger charge is 2.58. The molecule has 1 aromatic carbocycles. The number of carboxylic acids is 1. The summed E-state index contributed by atoms with van der Waals surface area (Å²) in [6, 6.07) is 8.28. The molecule has 1 aromatic rings. The molecule has 0 bridgehead atoms. The third-order valence-electron chi connectivity index (χ3n) is 4.85. The lowest BCUT2D eigenvalue weighted by atomic mass is 9.98. The Bertz CT molecular complexity index is 506. The highest BCUT2D eigenvalue weighted by molar-refractivity contribution is 5.85.